The molecule has 0 atom stereocenters. The SMILES string of the molecule is Nc1c(-c2cccc(F)c2F)ccnc1C(F)(F)F. The summed E-state index contributed by atoms with van der Waals surface area (Å²) in [4.78, 5) is 3.12. The summed E-state index contributed by atoms with van der Waals surface area (Å²) in [5.74, 6) is -2.42. The zero-order valence-corrected chi connectivity index (χ0v) is 9.30. The molecule has 0 fully saturated rings. The highest BCUT2D eigenvalue weighted by atomic mass is 19.4. The maximum atomic E-state index is 13.6. The Bertz CT molecular complexity index is 622. The Morgan fingerprint density at radius 3 is 2.32 bits per heavy atom. The number of hydrogen-bond acceptors (Lipinski definition) is 2. The lowest BCUT2D eigenvalue weighted by Crippen LogP contribution is -2.12. The van der Waals surface area contributed by atoms with Gasteiger partial charge in [0.2, 0.25) is 0 Å². The molecule has 0 aliphatic carbocycles. The van der Waals surface area contributed by atoms with Gasteiger partial charge in [-0.3, -0.25) is 0 Å². The van der Waals surface area contributed by atoms with E-state index in [9.17, 15) is 22.0 Å². The first-order valence-corrected chi connectivity index (χ1v) is 5.08. The molecule has 1 aromatic carbocycles. The number of nitrogens with two attached hydrogens (primary N) is 1. The number of nitrogen functional groups attached to an aromatic ring is 1. The molecule has 0 amide bonds. The molecule has 0 unspecified atom stereocenters. The van der Waals surface area contributed by atoms with Crippen molar-refractivity contribution in [3.8, 4) is 11.1 Å². The highest BCUT2D eigenvalue weighted by molar-refractivity contribution is 5.78. The van der Waals surface area contributed by atoms with Gasteiger partial charge in [0.05, 0.1) is 5.69 Å². The van der Waals surface area contributed by atoms with E-state index in [2.05, 4.69) is 4.98 Å². The summed E-state index contributed by atoms with van der Waals surface area (Å²) in [5.41, 5.74) is 2.69. The minimum absolute atomic E-state index is 0.251. The van der Waals surface area contributed by atoms with Crippen molar-refractivity contribution < 1.29 is 22.0 Å². The molecule has 2 rings (SSSR count). The van der Waals surface area contributed by atoms with E-state index < -0.39 is 29.2 Å². The normalized spacial score (nSPS) is 11.6. The molecule has 1 aromatic heterocycles. The van der Waals surface area contributed by atoms with Gasteiger partial charge in [-0.05, 0) is 12.1 Å². The van der Waals surface area contributed by atoms with Crippen LogP contribution in [0.15, 0.2) is 30.5 Å². The number of halogens is 5. The van der Waals surface area contributed by atoms with Gasteiger partial charge in [-0.1, -0.05) is 12.1 Å². The molecule has 0 aliphatic heterocycles. The lowest BCUT2D eigenvalue weighted by atomic mass is 10.0. The number of aromatic nitrogens is 1. The zero-order chi connectivity index (χ0) is 14.2. The standard InChI is InChI=1S/C12H7F5N2/c13-8-3-1-2-6(9(8)14)7-4-5-19-11(10(7)18)12(15,16)17/h1-5H,18H2. The maximum absolute atomic E-state index is 13.6. The van der Waals surface area contributed by atoms with Gasteiger partial charge < -0.3 is 5.73 Å². The summed E-state index contributed by atoms with van der Waals surface area (Å²) < 4.78 is 64.5. The number of rotatable bonds is 1. The van der Waals surface area contributed by atoms with Gasteiger partial charge in [0.15, 0.2) is 17.3 Å². The third-order valence-electron chi connectivity index (χ3n) is 2.50. The van der Waals surface area contributed by atoms with Crippen molar-refractivity contribution >= 4 is 5.69 Å². The molecule has 0 spiro atoms. The van der Waals surface area contributed by atoms with Crippen LogP contribution in [0, 0.1) is 11.6 Å². The van der Waals surface area contributed by atoms with Crippen LogP contribution >= 0.6 is 0 Å². The number of nitrogens with zero attached hydrogens (tertiary/aromatic N) is 1. The van der Waals surface area contributed by atoms with Gasteiger partial charge in [-0.2, -0.15) is 13.2 Å². The van der Waals surface area contributed by atoms with Crippen LogP contribution in [-0.4, -0.2) is 4.98 Å². The van der Waals surface area contributed by atoms with Crippen LogP contribution in [0.25, 0.3) is 11.1 Å². The van der Waals surface area contributed by atoms with Crippen molar-refractivity contribution in [2.75, 3.05) is 5.73 Å². The van der Waals surface area contributed by atoms with Crippen LogP contribution in [-0.2, 0) is 6.18 Å². The molecule has 2 nitrogen and oxygen atoms in total. The van der Waals surface area contributed by atoms with Crippen LogP contribution in [0.1, 0.15) is 5.69 Å². The summed E-state index contributed by atoms with van der Waals surface area (Å²) in [6.45, 7) is 0. The van der Waals surface area contributed by atoms with Gasteiger partial charge >= 0.3 is 6.18 Å². The summed E-state index contributed by atoms with van der Waals surface area (Å²) in [6, 6.07) is 4.29. The first-order chi connectivity index (χ1) is 8.82. The Balaban J connectivity index is 2.68. The van der Waals surface area contributed by atoms with Gasteiger partial charge in [0.25, 0.3) is 0 Å². The Hall–Kier alpha value is -2.18. The fourth-order valence-electron chi connectivity index (χ4n) is 1.65. The van der Waals surface area contributed by atoms with Gasteiger partial charge in [-0.25, -0.2) is 13.8 Å². The Kier molecular flexibility index (Phi) is 3.13. The molecule has 100 valence electrons. The molecule has 19 heavy (non-hydrogen) atoms. The second-order valence-corrected chi connectivity index (χ2v) is 3.72. The van der Waals surface area contributed by atoms with E-state index in [0.717, 1.165) is 24.4 Å². The van der Waals surface area contributed by atoms with E-state index in [1.807, 2.05) is 0 Å². The van der Waals surface area contributed by atoms with Crippen LogP contribution in [0.3, 0.4) is 0 Å². The summed E-state index contributed by atoms with van der Waals surface area (Å²) in [6.07, 6.45) is -3.91. The highest BCUT2D eigenvalue weighted by Crippen LogP contribution is 2.37. The van der Waals surface area contributed by atoms with Crippen LogP contribution < -0.4 is 5.73 Å². The van der Waals surface area contributed by atoms with Crippen LogP contribution in [0.2, 0.25) is 0 Å². The molecule has 2 N–H and O–H groups in total. The van der Waals surface area contributed by atoms with Crippen molar-refractivity contribution in [3.63, 3.8) is 0 Å². The van der Waals surface area contributed by atoms with Crippen molar-refractivity contribution in [1.29, 1.82) is 0 Å². The summed E-state index contributed by atoms with van der Waals surface area (Å²) in [5, 5.41) is 0. The third-order valence-corrected chi connectivity index (χ3v) is 2.50. The predicted octanol–water partition coefficient (Wildman–Crippen LogP) is 3.63. The Morgan fingerprint density at radius 1 is 1.00 bits per heavy atom. The molecule has 7 heteroatoms. The van der Waals surface area contributed by atoms with E-state index in [-0.39, 0.29) is 11.1 Å². The molecule has 0 radical (unpaired) electrons. The first-order valence-electron chi connectivity index (χ1n) is 5.08. The lowest BCUT2D eigenvalue weighted by Gasteiger charge is -2.13. The number of benzene rings is 1. The quantitative estimate of drug-likeness (QED) is 0.806. The fourth-order valence-corrected chi connectivity index (χ4v) is 1.65. The minimum atomic E-state index is -4.76. The molecule has 0 saturated carbocycles. The first kappa shape index (κ1) is 13.3. The average Bonchev–Trinajstić information content (AvgIpc) is 2.32. The molecule has 0 bridgehead atoms. The number of anilines is 1. The highest BCUT2D eigenvalue weighted by Gasteiger charge is 2.36. The van der Waals surface area contributed by atoms with Gasteiger partial charge in [0.1, 0.15) is 0 Å². The van der Waals surface area contributed by atoms with E-state index in [4.69, 9.17) is 5.73 Å². The molecule has 0 aliphatic rings. The summed E-state index contributed by atoms with van der Waals surface area (Å²) in [7, 11) is 0. The van der Waals surface area contributed by atoms with Crippen molar-refractivity contribution in [2.45, 2.75) is 6.18 Å². The largest absolute Gasteiger partial charge is 0.435 e. The van der Waals surface area contributed by atoms with Gasteiger partial charge in [0, 0.05) is 17.3 Å². The molecular formula is C12H7F5N2. The fraction of sp³-hybridized carbons (Fsp3) is 0.0833. The van der Waals surface area contributed by atoms with Crippen molar-refractivity contribution in [2.24, 2.45) is 0 Å². The van der Waals surface area contributed by atoms with E-state index in [0.29, 0.717) is 0 Å². The smallest absolute Gasteiger partial charge is 0.396 e. The zero-order valence-electron chi connectivity index (χ0n) is 9.30. The number of alkyl halides is 3. The number of hydrogen-bond donors (Lipinski definition) is 1. The third kappa shape index (κ3) is 2.35. The van der Waals surface area contributed by atoms with E-state index in [1.165, 1.54) is 6.07 Å². The average molecular weight is 274 g/mol. The molecule has 1 heterocycles. The van der Waals surface area contributed by atoms with E-state index >= 15 is 0 Å². The summed E-state index contributed by atoms with van der Waals surface area (Å²) >= 11 is 0. The van der Waals surface area contributed by atoms with Crippen LogP contribution in [0.5, 0.6) is 0 Å². The van der Waals surface area contributed by atoms with Gasteiger partial charge in [-0.15, -0.1) is 0 Å². The van der Waals surface area contributed by atoms with Crippen molar-refractivity contribution in [3.05, 3.63) is 47.8 Å². The molecule has 0 saturated heterocycles. The number of pyridine rings is 1. The second kappa shape index (κ2) is 4.49. The topological polar surface area (TPSA) is 38.9 Å². The van der Waals surface area contributed by atoms with Crippen LogP contribution in [0.4, 0.5) is 27.6 Å². The lowest BCUT2D eigenvalue weighted by molar-refractivity contribution is -0.140. The second-order valence-electron chi connectivity index (χ2n) is 3.72. The molecular weight excluding hydrogens is 267 g/mol. The predicted molar refractivity (Wildman–Crippen MR) is 59.0 cm³/mol. The maximum Gasteiger partial charge on any atom is 0.435 e. The molecule has 2 aromatic rings. The monoisotopic (exact) mass is 274 g/mol. The van der Waals surface area contributed by atoms with Crippen molar-refractivity contribution in [1.82, 2.24) is 4.98 Å². The van der Waals surface area contributed by atoms with E-state index in [1.54, 1.807) is 0 Å². The minimum Gasteiger partial charge on any atom is -0.396 e. The Morgan fingerprint density at radius 2 is 1.68 bits per heavy atom. The Labute approximate surface area is 104 Å².